The number of benzene rings is 3. The van der Waals surface area contributed by atoms with E-state index in [1.165, 1.54) is 0 Å². The van der Waals surface area contributed by atoms with E-state index in [0.29, 0.717) is 6.07 Å². The highest BCUT2D eigenvalue weighted by Crippen LogP contribution is 2.41. The normalized spacial score (nSPS) is 11.6. The van der Waals surface area contributed by atoms with Gasteiger partial charge in [0, 0.05) is 41.7 Å². The third-order valence-electron chi connectivity index (χ3n) is 6.66. The first-order valence-corrected chi connectivity index (χ1v) is 13.6. The summed E-state index contributed by atoms with van der Waals surface area (Å²) in [6, 6.07) is 13.6. The summed E-state index contributed by atoms with van der Waals surface area (Å²) >= 11 is 0. The molecule has 2 amide bonds. The highest BCUT2D eigenvalue weighted by Gasteiger charge is 2.55. The Labute approximate surface area is 258 Å². The van der Waals surface area contributed by atoms with E-state index in [9.17, 15) is 47.4 Å². The number of amides is 2. The fraction of sp³-hybridized carbons (Fsp3) is 0.310. The van der Waals surface area contributed by atoms with Crippen LogP contribution in [0.5, 0.6) is 5.75 Å². The van der Waals surface area contributed by atoms with Gasteiger partial charge in [-0.05, 0) is 24.1 Å². The SMILES string of the molecule is NC(=O)c1ccc(CCC(F)(F)C(F)(F)CNc2c(OCCCOCc3ccccc3)cc(C(N)=O)cc2[N+](=O)[O-])c([N+](=O)[O-])c1. The fourth-order valence-corrected chi connectivity index (χ4v) is 4.19. The number of anilines is 1. The van der Waals surface area contributed by atoms with Gasteiger partial charge < -0.3 is 26.3 Å². The van der Waals surface area contributed by atoms with Gasteiger partial charge in [-0.25, -0.2) is 0 Å². The lowest BCUT2D eigenvalue weighted by Gasteiger charge is -2.27. The molecule has 0 atom stereocenters. The molecule has 0 aliphatic rings. The van der Waals surface area contributed by atoms with Gasteiger partial charge in [0.05, 0.1) is 36.2 Å². The zero-order valence-electron chi connectivity index (χ0n) is 24.1. The van der Waals surface area contributed by atoms with Crippen LogP contribution in [0, 0.1) is 20.2 Å². The number of ether oxygens (including phenoxy) is 2. The summed E-state index contributed by atoms with van der Waals surface area (Å²) in [5, 5.41) is 25.1. The van der Waals surface area contributed by atoms with Crippen LogP contribution in [0.3, 0.4) is 0 Å². The number of primary amides is 2. The van der Waals surface area contributed by atoms with Crippen LogP contribution in [0.4, 0.5) is 34.6 Å². The maximum absolute atomic E-state index is 14.9. The Morgan fingerprint density at radius 3 is 2.07 bits per heavy atom. The molecule has 0 heterocycles. The Kier molecular flexibility index (Phi) is 11.6. The summed E-state index contributed by atoms with van der Waals surface area (Å²) in [5.41, 5.74) is 7.80. The second-order valence-corrected chi connectivity index (χ2v) is 9.96. The van der Waals surface area contributed by atoms with E-state index < -0.39 is 81.3 Å². The van der Waals surface area contributed by atoms with Crippen molar-refractivity contribution in [3.8, 4) is 5.75 Å². The molecule has 0 unspecified atom stereocenters. The molecular weight excluding hydrogens is 622 g/mol. The Balaban J connectivity index is 1.74. The number of carbonyl (C=O) groups is 2. The van der Waals surface area contributed by atoms with Crippen LogP contribution in [0.1, 0.15) is 44.7 Å². The summed E-state index contributed by atoms with van der Waals surface area (Å²) in [5.74, 6) is -12.2. The van der Waals surface area contributed by atoms with Crippen LogP contribution in [-0.2, 0) is 17.8 Å². The topological polar surface area (TPSA) is 203 Å². The monoisotopic (exact) mass is 651 g/mol. The number of alkyl halides is 4. The lowest BCUT2D eigenvalue weighted by molar-refractivity contribution is -0.385. The zero-order valence-corrected chi connectivity index (χ0v) is 24.1. The van der Waals surface area contributed by atoms with Gasteiger partial charge >= 0.3 is 11.8 Å². The largest absolute Gasteiger partial charge is 0.491 e. The van der Waals surface area contributed by atoms with Crippen molar-refractivity contribution < 1.29 is 46.5 Å². The average molecular weight is 652 g/mol. The van der Waals surface area contributed by atoms with E-state index in [0.717, 1.165) is 29.8 Å². The van der Waals surface area contributed by atoms with Gasteiger partial charge in [-0.3, -0.25) is 29.8 Å². The minimum absolute atomic E-state index is 0.164. The van der Waals surface area contributed by atoms with E-state index in [1.807, 2.05) is 35.6 Å². The van der Waals surface area contributed by atoms with Crippen molar-refractivity contribution in [2.24, 2.45) is 11.5 Å². The first kappa shape index (κ1) is 35.2. The number of hydrogen-bond acceptors (Lipinski definition) is 9. The molecule has 0 spiro atoms. The second kappa shape index (κ2) is 15.1. The van der Waals surface area contributed by atoms with Gasteiger partial charge in [0.15, 0.2) is 5.69 Å². The second-order valence-electron chi connectivity index (χ2n) is 9.96. The molecule has 0 saturated heterocycles. The van der Waals surface area contributed by atoms with Crippen molar-refractivity contribution in [3.63, 3.8) is 0 Å². The third-order valence-corrected chi connectivity index (χ3v) is 6.66. The minimum Gasteiger partial charge on any atom is -0.491 e. The van der Waals surface area contributed by atoms with Crippen LogP contribution >= 0.6 is 0 Å². The number of nitrogens with zero attached hydrogens (tertiary/aromatic N) is 2. The first-order chi connectivity index (χ1) is 21.6. The molecule has 13 nitrogen and oxygen atoms in total. The maximum atomic E-state index is 14.9. The maximum Gasteiger partial charge on any atom is 0.326 e. The van der Waals surface area contributed by atoms with E-state index in [-0.39, 0.29) is 37.4 Å². The van der Waals surface area contributed by atoms with E-state index in [4.69, 9.17) is 20.9 Å². The summed E-state index contributed by atoms with van der Waals surface area (Å²) < 4.78 is 70.5. The third kappa shape index (κ3) is 9.10. The highest BCUT2D eigenvalue weighted by molar-refractivity contribution is 5.95. The molecule has 246 valence electrons. The van der Waals surface area contributed by atoms with Crippen LogP contribution in [0.25, 0.3) is 0 Å². The molecule has 3 rings (SSSR count). The molecule has 0 saturated carbocycles. The Morgan fingerprint density at radius 2 is 1.46 bits per heavy atom. The molecule has 0 fully saturated rings. The van der Waals surface area contributed by atoms with Gasteiger partial charge in [0.1, 0.15) is 5.75 Å². The molecule has 0 aliphatic heterocycles. The molecule has 3 aromatic rings. The molecule has 0 aliphatic carbocycles. The fourth-order valence-electron chi connectivity index (χ4n) is 4.19. The summed E-state index contributed by atoms with van der Waals surface area (Å²) in [6.07, 6.45) is -2.22. The summed E-state index contributed by atoms with van der Waals surface area (Å²) in [7, 11) is 0. The Hall–Kier alpha value is -5.32. The molecular formula is C29H29F4N5O8. The van der Waals surface area contributed by atoms with E-state index >= 15 is 0 Å². The van der Waals surface area contributed by atoms with Crippen molar-refractivity contribution in [2.45, 2.75) is 37.7 Å². The Morgan fingerprint density at radius 1 is 0.826 bits per heavy atom. The number of nitrogens with one attached hydrogen (secondary N) is 1. The van der Waals surface area contributed by atoms with Crippen LogP contribution < -0.4 is 21.5 Å². The number of nitro benzene ring substituents is 2. The molecule has 0 radical (unpaired) electrons. The van der Waals surface area contributed by atoms with Crippen molar-refractivity contribution in [3.05, 3.63) is 103 Å². The standard InChI is InChI=1S/C29H29F4N5O8/c30-28(31,10-9-19-7-8-20(26(34)39)13-22(19)37(41)42)29(32,33)17-36-25-23(38(43)44)14-21(27(35)40)15-24(25)46-12-4-11-45-16-18-5-2-1-3-6-18/h1-3,5-8,13-15,36H,4,9-12,16-17H2,(H2,34,39)(H2,35,40). The average Bonchev–Trinajstić information content (AvgIpc) is 3.00. The van der Waals surface area contributed by atoms with Crippen LogP contribution in [0.15, 0.2) is 60.7 Å². The van der Waals surface area contributed by atoms with Crippen molar-refractivity contribution in [1.29, 1.82) is 0 Å². The Bertz CT molecular complexity index is 1590. The molecule has 5 N–H and O–H groups in total. The molecule has 0 aromatic heterocycles. The number of carbonyl (C=O) groups excluding carboxylic acids is 2. The number of halogens is 4. The summed E-state index contributed by atoms with van der Waals surface area (Å²) in [6.45, 7) is -1.53. The lowest BCUT2D eigenvalue weighted by atomic mass is 9.99. The number of nitrogens with two attached hydrogens (primary N) is 2. The minimum atomic E-state index is -4.84. The molecule has 46 heavy (non-hydrogen) atoms. The smallest absolute Gasteiger partial charge is 0.326 e. The number of nitro groups is 2. The molecule has 17 heteroatoms. The predicted octanol–water partition coefficient (Wildman–Crippen LogP) is 5.00. The number of rotatable bonds is 18. The van der Waals surface area contributed by atoms with Gasteiger partial charge in [0.2, 0.25) is 11.8 Å². The molecule has 0 bridgehead atoms. The van der Waals surface area contributed by atoms with Gasteiger partial charge in [-0.15, -0.1) is 0 Å². The van der Waals surface area contributed by atoms with Crippen molar-refractivity contribution in [2.75, 3.05) is 25.1 Å². The van der Waals surface area contributed by atoms with Crippen LogP contribution in [-0.4, -0.2) is 53.3 Å². The number of aryl methyl sites for hydroxylation is 1. The van der Waals surface area contributed by atoms with Gasteiger partial charge in [-0.1, -0.05) is 36.4 Å². The van der Waals surface area contributed by atoms with Gasteiger partial charge in [0.25, 0.3) is 11.4 Å². The predicted molar refractivity (Wildman–Crippen MR) is 156 cm³/mol. The highest BCUT2D eigenvalue weighted by atomic mass is 19.3. The zero-order chi connectivity index (χ0) is 34.1. The van der Waals surface area contributed by atoms with Crippen molar-refractivity contribution >= 4 is 28.9 Å². The lowest BCUT2D eigenvalue weighted by Crippen LogP contribution is -2.46. The van der Waals surface area contributed by atoms with Crippen molar-refractivity contribution in [1.82, 2.24) is 0 Å². The van der Waals surface area contributed by atoms with Crippen LogP contribution in [0.2, 0.25) is 0 Å². The van der Waals surface area contributed by atoms with E-state index in [1.54, 1.807) is 0 Å². The number of hydrogen-bond donors (Lipinski definition) is 3. The first-order valence-electron chi connectivity index (χ1n) is 13.6. The summed E-state index contributed by atoms with van der Waals surface area (Å²) in [4.78, 5) is 44.2. The van der Waals surface area contributed by atoms with E-state index in [2.05, 4.69) is 0 Å². The van der Waals surface area contributed by atoms with Gasteiger partial charge in [-0.2, -0.15) is 17.6 Å². The molecule has 3 aromatic carbocycles. The quantitative estimate of drug-likeness (QED) is 0.0732.